The van der Waals surface area contributed by atoms with Crippen molar-refractivity contribution in [2.45, 2.75) is 13.8 Å². The molecule has 0 spiro atoms. The highest BCUT2D eigenvalue weighted by atomic mass is 16.5. The highest BCUT2D eigenvalue weighted by Crippen LogP contribution is 2.19. The van der Waals surface area contributed by atoms with Crippen LogP contribution in [0.2, 0.25) is 0 Å². The summed E-state index contributed by atoms with van der Waals surface area (Å²) in [5.74, 6) is 1.50. The Morgan fingerprint density at radius 2 is 2.06 bits per heavy atom. The summed E-state index contributed by atoms with van der Waals surface area (Å²) in [4.78, 5) is 11.9. The third-order valence-corrected chi connectivity index (χ3v) is 2.72. The summed E-state index contributed by atoms with van der Waals surface area (Å²) < 4.78 is 10.5. The third-order valence-electron chi connectivity index (χ3n) is 2.72. The summed E-state index contributed by atoms with van der Waals surface area (Å²) in [5.41, 5.74) is 1.64. The SMILES string of the molecule is COc1cccc(NC(=O)c2cc(C)c(C)o2)c1. The van der Waals surface area contributed by atoms with Crippen molar-refractivity contribution in [1.29, 1.82) is 0 Å². The number of hydrogen-bond donors (Lipinski definition) is 1. The minimum Gasteiger partial charge on any atom is -0.497 e. The van der Waals surface area contributed by atoms with Crippen LogP contribution in [0.4, 0.5) is 5.69 Å². The van der Waals surface area contributed by atoms with E-state index in [2.05, 4.69) is 5.32 Å². The topological polar surface area (TPSA) is 51.5 Å². The molecular weight excluding hydrogens is 230 g/mol. The van der Waals surface area contributed by atoms with E-state index in [1.54, 1.807) is 25.3 Å². The lowest BCUT2D eigenvalue weighted by molar-refractivity contribution is 0.0995. The van der Waals surface area contributed by atoms with Gasteiger partial charge in [0.2, 0.25) is 0 Å². The number of benzene rings is 1. The average Bonchev–Trinajstić information content (AvgIpc) is 2.70. The van der Waals surface area contributed by atoms with Gasteiger partial charge in [0.25, 0.3) is 5.91 Å². The van der Waals surface area contributed by atoms with Gasteiger partial charge in [-0.3, -0.25) is 4.79 Å². The normalized spacial score (nSPS) is 10.2. The lowest BCUT2D eigenvalue weighted by atomic mass is 10.2. The van der Waals surface area contributed by atoms with E-state index < -0.39 is 0 Å². The number of carbonyl (C=O) groups is 1. The van der Waals surface area contributed by atoms with Gasteiger partial charge < -0.3 is 14.5 Å². The number of carbonyl (C=O) groups excluding carboxylic acids is 1. The fourth-order valence-electron chi connectivity index (χ4n) is 1.58. The number of anilines is 1. The van der Waals surface area contributed by atoms with Gasteiger partial charge in [0, 0.05) is 11.8 Å². The second-order valence-electron chi connectivity index (χ2n) is 4.04. The second-order valence-corrected chi connectivity index (χ2v) is 4.04. The van der Waals surface area contributed by atoms with Gasteiger partial charge in [-0.25, -0.2) is 0 Å². The van der Waals surface area contributed by atoms with Gasteiger partial charge in [-0.1, -0.05) is 6.07 Å². The Bertz CT molecular complexity index is 553. The van der Waals surface area contributed by atoms with Gasteiger partial charge in [-0.2, -0.15) is 0 Å². The molecule has 4 nitrogen and oxygen atoms in total. The van der Waals surface area contributed by atoms with Crippen molar-refractivity contribution in [1.82, 2.24) is 0 Å². The van der Waals surface area contributed by atoms with E-state index in [1.807, 2.05) is 26.0 Å². The molecule has 1 aromatic carbocycles. The molecule has 2 rings (SSSR count). The number of nitrogens with one attached hydrogen (secondary N) is 1. The summed E-state index contributed by atoms with van der Waals surface area (Å²) >= 11 is 0. The van der Waals surface area contributed by atoms with Crippen LogP contribution in [-0.4, -0.2) is 13.0 Å². The van der Waals surface area contributed by atoms with Gasteiger partial charge >= 0.3 is 0 Å². The van der Waals surface area contributed by atoms with Crippen molar-refractivity contribution in [2.24, 2.45) is 0 Å². The maximum atomic E-state index is 11.9. The molecule has 0 aliphatic heterocycles. The number of methoxy groups -OCH3 is 1. The van der Waals surface area contributed by atoms with Crippen LogP contribution >= 0.6 is 0 Å². The molecule has 1 amide bonds. The number of aryl methyl sites for hydroxylation is 2. The van der Waals surface area contributed by atoms with Crippen LogP contribution in [0, 0.1) is 13.8 Å². The van der Waals surface area contributed by atoms with Gasteiger partial charge in [-0.05, 0) is 37.6 Å². The molecule has 2 aromatic rings. The summed E-state index contributed by atoms with van der Waals surface area (Å²) in [7, 11) is 1.58. The second kappa shape index (κ2) is 4.96. The molecule has 0 bridgehead atoms. The van der Waals surface area contributed by atoms with Crippen molar-refractivity contribution in [3.8, 4) is 5.75 Å². The lowest BCUT2D eigenvalue weighted by Gasteiger charge is -2.05. The molecule has 0 saturated heterocycles. The first kappa shape index (κ1) is 12.2. The number of ether oxygens (including phenoxy) is 1. The van der Waals surface area contributed by atoms with Gasteiger partial charge in [0.1, 0.15) is 11.5 Å². The molecule has 4 heteroatoms. The first-order chi connectivity index (χ1) is 8.60. The van der Waals surface area contributed by atoms with Crippen molar-refractivity contribution in [2.75, 3.05) is 12.4 Å². The summed E-state index contributed by atoms with van der Waals surface area (Å²) in [6.07, 6.45) is 0. The Morgan fingerprint density at radius 3 is 2.67 bits per heavy atom. The van der Waals surface area contributed by atoms with E-state index in [9.17, 15) is 4.79 Å². The number of hydrogen-bond acceptors (Lipinski definition) is 3. The molecule has 18 heavy (non-hydrogen) atoms. The van der Waals surface area contributed by atoms with E-state index in [0.717, 1.165) is 11.3 Å². The Balaban J connectivity index is 2.15. The summed E-state index contributed by atoms with van der Waals surface area (Å²) in [6, 6.07) is 8.90. The first-order valence-corrected chi connectivity index (χ1v) is 5.62. The van der Waals surface area contributed by atoms with Gasteiger partial charge in [0.15, 0.2) is 5.76 Å². The van der Waals surface area contributed by atoms with Crippen molar-refractivity contribution in [3.63, 3.8) is 0 Å². The Hall–Kier alpha value is -2.23. The van der Waals surface area contributed by atoms with Crippen LogP contribution < -0.4 is 10.1 Å². The van der Waals surface area contributed by atoms with Gasteiger partial charge in [0.05, 0.1) is 7.11 Å². The van der Waals surface area contributed by atoms with Crippen LogP contribution in [0.1, 0.15) is 21.9 Å². The summed E-state index contributed by atoms with van der Waals surface area (Å²) in [6.45, 7) is 3.73. The number of furan rings is 1. The molecule has 0 aliphatic carbocycles. The fraction of sp³-hybridized carbons (Fsp3) is 0.214. The predicted octanol–water partition coefficient (Wildman–Crippen LogP) is 3.16. The van der Waals surface area contributed by atoms with Crippen molar-refractivity contribution < 1.29 is 13.9 Å². The van der Waals surface area contributed by atoms with Crippen LogP contribution in [0.15, 0.2) is 34.7 Å². The van der Waals surface area contributed by atoms with Crippen LogP contribution in [0.3, 0.4) is 0 Å². The highest BCUT2D eigenvalue weighted by Gasteiger charge is 2.12. The molecule has 1 N–H and O–H groups in total. The monoisotopic (exact) mass is 245 g/mol. The summed E-state index contributed by atoms with van der Waals surface area (Å²) in [5, 5.41) is 2.76. The number of amides is 1. The molecule has 1 heterocycles. The predicted molar refractivity (Wildman–Crippen MR) is 69.1 cm³/mol. The third kappa shape index (κ3) is 2.53. The molecule has 0 aliphatic rings. The van der Waals surface area contributed by atoms with E-state index in [-0.39, 0.29) is 5.91 Å². The van der Waals surface area contributed by atoms with E-state index >= 15 is 0 Å². The minimum absolute atomic E-state index is 0.264. The highest BCUT2D eigenvalue weighted by molar-refractivity contribution is 6.02. The molecule has 0 atom stereocenters. The zero-order chi connectivity index (χ0) is 13.1. The van der Waals surface area contributed by atoms with Crippen molar-refractivity contribution in [3.05, 3.63) is 47.4 Å². The maximum Gasteiger partial charge on any atom is 0.291 e. The average molecular weight is 245 g/mol. The number of rotatable bonds is 3. The Morgan fingerprint density at radius 1 is 1.28 bits per heavy atom. The Kier molecular flexibility index (Phi) is 3.37. The van der Waals surface area contributed by atoms with Crippen LogP contribution in [0.25, 0.3) is 0 Å². The lowest BCUT2D eigenvalue weighted by Crippen LogP contribution is -2.10. The van der Waals surface area contributed by atoms with Crippen molar-refractivity contribution >= 4 is 11.6 Å². The maximum absolute atomic E-state index is 11.9. The van der Waals surface area contributed by atoms with Gasteiger partial charge in [-0.15, -0.1) is 0 Å². The quantitative estimate of drug-likeness (QED) is 0.903. The molecule has 94 valence electrons. The smallest absolute Gasteiger partial charge is 0.291 e. The van der Waals surface area contributed by atoms with E-state index in [4.69, 9.17) is 9.15 Å². The fourth-order valence-corrected chi connectivity index (χ4v) is 1.58. The van der Waals surface area contributed by atoms with Crippen LogP contribution in [0.5, 0.6) is 5.75 Å². The largest absolute Gasteiger partial charge is 0.497 e. The van der Waals surface area contributed by atoms with E-state index in [1.165, 1.54) is 0 Å². The molecule has 0 radical (unpaired) electrons. The zero-order valence-electron chi connectivity index (χ0n) is 10.6. The Labute approximate surface area is 106 Å². The molecular formula is C14H15NO3. The zero-order valence-corrected chi connectivity index (χ0v) is 10.6. The molecule has 0 fully saturated rings. The van der Waals surface area contributed by atoms with E-state index in [0.29, 0.717) is 17.2 Å². The van der Waals surface area contributed by atoms with Crippen LogP contribution in [-0.2, 0) is 0 Å². The standard InChI is InChI=1S/C14H15NO3/c1-9-7-13(18-10(9)2)14(16)15-11-5-4-6-12(8-11)17-3/h4-8H,1-3H3,(H,15,16). The molecule has 1 aromatic heterocycles. The minimum atomic E-state index is -0.264. The first-order valence-electron chi connectivity index (χ1n) is 5.62. The molecule has 0 unspecified atom stereocenters. The molecule has 0 saturated carbocycles.